The molecular formula is C22H25NO5. The van der Waals surface area contributed by atoms with Gasteiger partial charge in [0.2, 0.25) is 6.10 Å². The standard InChI is InChI=1S/C22H25NO5/c1-17(21(24)25)16-28-20(22(26)27-2)15-23(13-18-9-5-3-6-10-18)14-19-11-7-4-8-12-19/h3-12,16,20H,13-15H2,1-2H3,(H,24,25). The number of methoxy groups -OCH3 is 1. The van der Waals surface area contributed by atoms with Gasteiger partial charge in [0.15, 0.2) is 0 Å². The summed E-state index contributed by atoms with van der Waals surface area (Å²) in [5.41, 5.74) is 2.20. The Hall–Kier alpha value is -3.12. The minimum absolute atomic E-state index is 0.00609. The molecule has 0 bridgehead atoms. The molecule has 0 aliphatic carbocycles. The molecule has 0 spiro atoms. The number of rotatable bonds is 10. The van der Waals surface area contributed by atoms with Crippen LogP contribution in [0, 0.1) is 0 Å². The summed E-state index contributed by atoms with van der Waals surface area (Å²) in [5.74, 6) is -1.66. The van der Waals surface area contributed by atoms with Gasteiger partial charge in [-0.1, -0.05) is 60.7 Å². The van der Waals surface area contributed by atoms with Crippen LogP contribution in [0.3, 0.4) is 0 Å². The van der Waals surface area contributed by atoms with Crippen LogP contribution in [0.2, 0.25) is 0 Å². The number of aliphatic carboxylic acids is 1. The van der Waals surface area contributed by atoms with E-state index in [0.29, 0.717) is 13.1 Å². The molecule has 0 aliphatic rings. The van der Waals surface area contributed by atoms with Gasteiger partial charge < -0.3 is 14.6 Å². The molecule has 1 N–H and O–H groups in total. The number of carbonyl (C=O) groups is 2. The lowest BCUT2D eigenvalue weighted by Gasteiger charge is -2.26. The molecule has 2 aromatic carbocycles. The van der Waals surface area contributed by atoms with E-state index in [0.717, 1.165) is 17.4 Å². The molecule has 6 heteroatoms. The number of carboxylic acid groups (broad SMARTS) is 1. The molecule has 1 atom stereocenters. The number of esters is 1. The quantitative estimate of drug-likeness (QED) is 0.386. The highest BCUT2D eigenvalue weighted by atomic mass is 16.6. The summed E-state index contributed by atoms with van der Waals surface area (Å²) in [6.45, 7) is 2.87. The van der Waals surface area contributed by atoms with Crippen molar-refractivity contribution in [1.29, 1.82) is 0 Å². The SMILES string of the molecule is COC(=O)C(CN(Cc1ccccc1)Cc1ccccc1)OC=C(C)C(=O)O. The normalized spacial score (nSPS) is 12.5. The fraction of sp³-hybridized carbons (Fsp3) is 0.273. The van der Waals surface area contributed by atoms with Crippen molar-refractivity contribution in [1.82, 2.24) is 4.90 Å². The third-order valence-corrected chi connectivity index (χ3v) is 4.13. The summed E-state index contributed by atoms with van der Waals surface area (Å²) in [5, 5.41) is 8.99. The van der Waals surface area contributed by atoms with Crippen LogP contribution in [-0.4, -0.2) is 41.7 Å². The van der Waals surface area contributed by atoms with Gasteiger partial charge in [0.1, 0.15) is 0 Å². The largest absolute Gasteiger partial charge is 0.484 e. The first-order chi connectivity index (χ1) is 13.5. The Bertz CT molecular complexity index is 748. The topological polar surface area (TPSA) is 76.1 Å². The number of benzene rings is 2. The highest BCUT2D eigenvalue weighted by molar-refractivity contribution is 5.85. The van der Waals surface area contributed by atoms with Crippen LogP contribution in [0.5, 0.6) is 0 Å². The van der Waals surface area contributed by atoms with Gasteiger partial charge in [-0.25, -0.2) is 9.59 Å². The van der Waals surface area contributed by atoms with Gasteiger partial charge >= 0.3 is 11.9 Å². The number of hydrogen-bond donors (Lipinski definition) is 1. The van der Waals surface area contributed by atoms with Gasteiger partial charge in [-0.3, -0.25) is 4.90 Å². The van der Waals surface area contributed by atoms with Crippen LogP contribution in [0.4, 0.5) is 0 Å². The van der Waals surface area contributed by atoms with E-state index >= 15 is 0 Å². The van der Waals surface area contributed by atoms with E-state index < -0.39 is 18.0 Å². The maximum atomic E-state index is 12.2. The lowest BCUT2D eigenvalue weighted by atomic mass is 10.1. The van der Waals surface area contributed by atoms with Gasteiger partial charge in [-0.15, -0.1) is 0 Å². The van der Waals surface area contributed by atoms with Crippen molar-refractivity contribution in [2.24, 2.45) is 0 Å². The van der Waals surface area contributed by atoms with E-state index in [-0.39, 0.29) is 12.1 Å². The Labute approximate surface area is 165 Å². The fourth-order valence-electron chi connectivity index (χ4n) is 2.64. The van der Waals surface area contributed by atoms with Gasteiger partial charge in [-0.2, -0.15) is 0 Å². The predicted octanol–water partition coefficient (Wildman–Crippen LogP) is 3.24. The average molecular weight is 383 g/mol. The average Bonchev–Trinajstić information content (AvgIpc) is 2.71. The van der Waals surface area contributed by atoms with Crippen molar-refractivity contribution in [3.8, 4) is 0 Å². The molecular weight excluding hydrogens is 358 g/mol. The number of carboxylic acids is 1. The third-order valence-electron chi connectivity index (χ3n) is 4.13. The second-order valence-electron chi connectivity index (χ2n) is 6.39. The lowest BCUT2D eigenvalue weighted by molar-refractivity contribution is -0.152. The van der Waals surface area contributed by atoms with E-state index in [1.54, 1.807) is 0 Å². The zero-order valence-electron chi connectivity index (χ0n) is 16.1. The van der Waals surface area contributed by atoms with Crippen LogP contribution in [0.25, 0.3) is 0 Å². The van der Waals surface area contributed by atoms with E-state index in [1.807, 2.05) is 60.7 Å². The number of nitrogens with zero attached hydrogens (tertiary/aromatic N) is 1. The predicted molar refractivity (Wildman–Crippen MR) is 105 cm³/mol. The molecule has 0 fully saturated rings. The van der Waals surface area contributed by atoms with Gasteiger partial charge in [-0.05, 0) is 18.1 Å². The minimum Gasteiger partial charge on any atom is -0.484 e. The summed E-state index contributed by atoms with van der Waals surface area (Å²) in [4.78, 5) is 25.2. The first kappa shape index (κ1) is 21.2. The molecule has 0 heterocycles. The van der Waals surface area contributed by atoms with Crippen LogP contribution >= 0.6 is 0 Å². The second kappa shape index (κ2) is 10.9. The van der Waals surface area contributed by atoms with E-state index in [9.17, 15) is 9.59 Å². The molecule has 0 saturated heterocycles. The molecule has 2 rings (SSSR count). The minimum atomic E-state index is -1.10. The lowest BCUT2D eigenvalue weighted by Crippen LogP contribution is -2.38. The highest BCUT2D eigenvalue weighted by Gasteiger charge is 2.24. The van der Waals surface area contributed by atoms with Gasteiger partial charge in [0.25, 0.3) is 0 Å². The van der Waals surface area contributed by atoms with Crippen molar-refractivity contribution < 1.29 is 24.2 Å². The van der Waals surface area contributed by atoms with Gasteiger partial charge in [0.05, 0.1) is 18.9 Å². The molecule has 0 radical (unpaired) electrons. The van der Waals surface area contributed by atoms with Crippen LogP contribution in [0.15, 0.2) is 72.5 Å². The van der Waals surface area contributed by atoms with Crippen molar-refractivity contribution >= 4 is 11.9 Å². The highest BCUT2D eigenvalue weighted by Crippen LogP contribution is 2.13. The summed E-state index contributed by atoms with van der Waals surface area (Å²) in [7, 11) is 1.28. The molecule has 2 aromatic rings. The molecule has 0 aliphatic heterocycles. The maximum absolute atomic E-state index is 12.2. The number of hydrogen-bond acceptors (Lipinski definition) is 5. The Kier molecular flexibility index (Phi) is 8.24. The van der Waals surface area contributed by atoms with Crippen LogP contribution in [0.1, 0.15) is 18.1 Å². The molecule has 0 aromatic heterocycles. The molecule has 1 unspecified atom stereocenters. The Morgan fingerprint density at radius 2 is 1.50 bits per heavy atom. The van der Waals surface area contributed by atoms with Crippen molar-refractivity contribution in [3.63, 3.8) is 0 Å². The third kappa shape index (κ3) is 6.89. The van der Waals surface area contributed by atoms with Crippen molar-refractivity contribution in [3.05, 3.63) is 83.6 Å². The monoisotopic (exact) mass is 383 g/mol. The van der Waals surface area contributed by atoms with E-state index in [2.05, 4.69) is 4.90 Å². The summed E-state index contributed by atoms with van der Waals surface area (Å²) < 4.78 is 10.3. The van der Waals surface area contributed by atoms with E-state index in [4.69, 9.17) is 14.6 Å². The van der Waals surface area contributed by atoms with E-state index in [1.165, 1.54) is 14.0 Å². The smallest absolute Gasteiger partial charge is 0.348 e. The zero-order valence-corrected chi connectivity index (χ0v) is 16.1. The Balaban J connectivity index is 2.19. The zero-order chi connectivity index (χ0) is 20.4. The summed E-state index contributed by atoms with van der Waals surface area (Å²) in [6.07, 6.45) is 0.152. The summed E-state index contributed by atoms with van der Waals surface area (Å²) in [6, 6.07) is 19.8. The van der Waals surface area contributed by atoms with Gasteiger partial charge in [0, 0.05) is 19.6 Å². The fourth-order valence-corrected chi connectivity index (χ4v) is 2.64. The Morgan fingerprint density at radius 1 is 1.00 bits per heavy atom. The van der Waals surface area contributed by atoms with Crippen LogP contribution < -0.4 is 0 Å². The maximum Gasteiger partial charge on any atom is 0.348 e. The first-order valence-electron chi connectivity index (χ1n) is 8.93. The van der Waals surface area contributed by atoms with Crippen molar-refractivity contribution in [2.45, 2.75) is 26.1 Å². The number of ether oxygens (including phenoxy) is 2. The van der Waals surface area contributed by atoms with Crippen molar-refractivity contribution in [2.75, 3.05) is 13.7 Å². The molecule has 148 valence electrons. The number of carbonyl (C=O) groups excluding carboxylic acids is 1. The van der Waals surface area contributed by atoms with Crippen LogP contribution in [-0.2, 0) is 32.2 Å². The Morgan fingerprint density at radius 3 is 1.93 bits per heavy atom. The molecule has 0 amide bonds. The second-order valence-corrected chi connectivity index (χ2v) is 6.39. The molecule has 6 nitrogen and oxygen atoms in total. The summed E-state index contributed by atoms with van der Waals surface area (Å²) >= 11 is 0. The first-order valence-corrected chi connectivity index (χ1v) is 8.93. The molecule has 28 heavy (non-hydrogen) atoms. The molecule has 0 saturated carbocycles.